The fourth-order valence-corrected chi connectivity index (χ4v) is 3.81. The third-order valence-corrected chi connectivity index (χ3v) is 5.89. The molecule has 0 spiro atoms. The quantitative estimate of drug-likeness (QED) is 0.510. The van der Waals surface area contributed by atoms with Gasteiger partial charge >= 0.3 is 5.97 Å². The van der Waals surface area contributed by atoms with Gasteiger partial charge in [-0.05, 0) is 36.4 Å². The van der Waals surface area contributed by atoms with Crippen molar-refractivity contribution < 1.29 is 37.0 Å². The van der Waals surface area contributed by atoms with E-state index in [1.54, 1.807) is 18.2 Å². The van der Waals surface area contributed by atoms with Crippen molar-refractivity contribution in [2.24, 2.45) is 0 Å². The Labute approximate surface area is 185 Å². The minimum Gasteiger partial charge on any atom is -0.497 e. The van der Waals surface area contributed by atoms with Crippen LogP contribution in [-0.4, -0.2) is 52.8 Å². The van der Waals surface area contributed by atoms with E-state index in [9.17, 15) is 22.8 Å². The summed E-state index contributed by atoms with van der Waals surface area (Å²) in [6.45, 7) is 0.753. The first-order valence-corrected chi connectivity index (χ1v) is 11.1. The third-order valence-electron chi connectivity index (χ3n) is 4.16. The van der Waals surface area contributed by atoms with E-state index in [4.69, 9.17) is 14.2 Å². The highest BCUT2D eigenvalue weighted by molar-refractivity contribution is 7.91. The predicted octanol–water partition coefficient (Wildman–Crippen LogP) is 2.01. The summed E-state index contributed by atoms with van der Waals surface area (Å²) in [5.41, 5.74) is 0.815. The fourth-order valence-electron chi connectivity index (χ4n) is 2.59. The van der Waals surface area contributed by atoms with E-state index >= 15 is 0 Å². The second-order valence-corrected chi connectivity index (χ2v) is 8.66. The van der Waals surface area contributed by atoms with E-state index in [2.05, 4.69) is 10.6 Å². The molecule has 0 saturated heterocycles. The van der Waals surface area contributed by atoms with Crippen LogP contribution in [0.25, 0.3) is 0 Å². The van der Waals surface area contributed by atoms with Gasteiger partial charge in [0.2, 0.25) is 5.91 Å². The standard InChI is InChI=1S/C21H24N2O8S/c1-14(24)22-15-4-7-17(8-5-15)32(27,28)11-10-21(26)31-13-20(25)23-18-9-6-16(29-2)12-19(18)30-3/h4-9,12H,10-11,13H2,1-3H3,(H,22,24)(H,23,25). The van der Waals surface area contributed by atoms with E-state index in [0.717, 1.165) is 0 Å². The first-order chi connectivity index (χ1) is 15.1. The lowest BCUT2D eigenvalue weighted by Gasteiger charge is -2.12. The second kappa shape index (κ2) is 11.1. The van der Waals surface area contributed by atoms with Crippen LogP contribution in [0, 0.1) is 0 Å². The zero-order valence-electron chi connectivity index (χ0n) is 17.8. The Bertz CT molecular complexity index is 1080. The predicted molar refractivity (Wildman–Crippen MR) is 117 cm³/mol. The van der Waals surface area contributed by atoms with Crippen LogP contribution in [0.5, 0.6) is 11.5 Å². The van der Waals surface area contributed by atoms with E-state index in [1.807, 2.05) is 0 Å². The van der Waals surface area contributed by atoms with Gasteiger partial charge < -0.3 is 24.8 Å². The number of carbonyl (C=O) groups is 3. The molecule has 172 valence electrons. The van der Waals surface area contributed by atoms with Crippen LogP contribution < -0.4 is 20.1 Å². The minimum absolute atomic E-state index is 0.00347. The number of nitrogens with one attached hydrogen (secondary N) is 2. The summed E-state index contributed by atoms with van der Waals surface area (Å²) in [7, 11) is -0.823. The van der Waals surface area contributed by atoms with Gasteiger partial charge in [0.25, 0.3) is 5.91 Å². The monoisotopic (exact) mass is 464 g/mol. The number of anilines is 2. The molecule has 2 N–H and O–H groups in total. The van der Waals surface area contributed by atoms with Crippen molar-refractivity contribution in [3.05, 3.63) is 42.5 Å². The van der Waals surface area contributed by atoms with Crippen LogP contribution in [0.3, 0.4) is 0 Å². The Morgan fingerprint density at radius 3 is 2.22 bits per heavy atom. The molecule has 0 fully saturated rings. The molecule has 0 aromatic heterocycles. The molecule has 11 heteroatoms. The van der Waals surface area contributed by atoms with Crippen molar-refractivity contribution in [3.63, 3.8) is 0 Å². The molecular weight excluding hydrogens is 440 g/mol. The number of ether oxygens (including phenoxy) is 3. The lowest BCUT2D eigenvalue weighted by Crippen LogP contribution is -2.22. The van der Waals surface area contributed by atoms with E-state index in [-0.39, 0.29) is 10.8 Å². The maximum absolute atomic E-state index is 12.4. The van der Waals surface area contributed by atoms with Crippen LogP contribution in [0.4, 0.5) is 11.4 Å². The zero-order chi connectivity index (χ0) is 23.7. The van der Waals surface area contributed by atoms with Crippen molar-refractivity contribution in [1.29, 1.82) is 0 Å². The zero-order valence-corrected chi connectivity index (χ0v) is 18.7. The molecule has 0 aliphatic rings. The van der Waals surface area contributed by atoms with Gasteiger partial charge in [-0.25, -0.2) is 8.42 Å². The highest BCUT2D eigenvalue weighted by Gasteiger charge is 2.18. The second-order valence-electron chi connectivity index (χ2n) is 6.55. The van der Waals surface area contributed by atoms with Gasteiger partial charge in [-0.15, -0.1) is 0 Å². The van der Waals surface area contributed by atoms with Crippen molar-refractivity contribution in [3.8, 4) is 11.5 Å². The van der Waals surface area contributed by atoms with Crippen molar-refractivity contribution in [2.75, 3.05) is 37.2 Å². The lowest BCUT2D eigenvalue weighted by atomic mass is 10.2. The number of hydrogen-bond acceptors (Lipinski definition) is 8. The average Bonchev–Trinajstić information content (AvgIpc) is 2.76. The molecule has 0 aliphatic heterocycles. The maximum atomic E-state index is 12.4. The van der Waals surface area contributed by atoms with Gasteiger partial charge in [-0.1, -0.05) is 0 Å². The summed E-state index contributed by atoms with van der Waals surface area (Å²) in [6.07, 6.45) is -0.422. The van der Waals surface area contributed by atoms with Crippen molar-refractivity contribution in [2.45, 2.75) is 18.2 Å². The molecule has 2 amide bonds. The Hall–Kier alpha value is -3.60. The van der Waals surface area contributed by atoms with Gasteiger partial charge in [0.05, 0.1) is 37.0 Å². The topological polar surface area (TPSA) is 137 Å². The number of rotatable bonds is 10. The van der Waals surface area contributed by atoms with Crippen molar-refractivity contribution in [1.82, 2.24) is 0 Å². The molecule has 32 heavy (non-hydrogen) atoms. The highest BCUT2D eigenvalue weighted by Crippen LogP contribution is 2.28. The SMILES string of the molecule is COc1ccc(NC(=O)COC(=O)CCS(=O)(=O)c2ccc(NC(C)=O)cc2)c(OC)c1. The number of amides is 2. The van der Waals surface area contributed by atoms with Gasteiger partial charge in [0.15, 0.2) is 16.4 Å². The van der Waals surface area contributed by atoms with E-state index in [0.29, 0.717) is 22.9 Å². The molecule has 2 aromatic carbocycles. The van der Waals surface area contributed by atoms with Crippen LogP contribution in [-0.2, 0) is 29.0 Å². The number of methoxy groups -OCH3 is 2. The minimum atomic E-state index is -3.75. The Kier molecular flexibility index (Phi) is 8.59. The van der Waals surface area contributed by atoms with Crippen molar-refractivity contribution >= 4 is 39.0 Å². The number of esters is 1. The van der Waals surface area contributed by atoms with Crippen LogP contribution in [0.2, 0.25) is 0 Å². The highest BCUT2D eigenvalue weighted by atomic mass is 32.2. The number of carbonyl (C=O) groups excluding carboxylic acids is 3. The van der Waals surface area contributed by atoms with Crippen LogP contribution in [0.1, 0.15) is 13.3 Å². The average molecular weight is 464 g/mol. The molecule has 0 unspecified atom stereocenters. The summed E-state index contributed by atoms with van der Waals surface area (Å²) in [6, 6.07) is 10.3. The third kappa shape index (κ3) is 7.27. The van der Waals surface area contributed by atoms with Crippen LogP contribution in [0.15, 0.2) is 47.4 Å². The molecule has 0 heterocycles. The summed E-state index contributed by atoms with van der Waals surface area (Å²) in [5.74, 6) is -1.31. The normalized spacial score (nSPS) is 10.7. The Morgan fingerprint density at radius 1 is 0.938 bits per heavy atom. The molecule has 2 rings (SSSR count). The molecule has 10 nitrogen and oxygen atoms in total. The molecule has 0 aliphatic carbocycles. The molecule has 0 bridgehead atoms. The number of benzene rings is 2. The maximum Gasteiger partial charge on any atom is 0.307 e. The molecule has 0 radical (unpaired) electrons. The number of hydrogen-bond donors (Lipinski definition) is 2. The fraction of sp³-hybridized carbons (Fsp3) is 0.286. The smallest absolute Gasteiger partial charge is 0.307 e. The largest absolute Gasteiger partial charge is 0.497 e. The molecule has 0 atom stereocenters. The lowest BCUT2D eigenvalue weighted by molar-refractivity contribution is -0.146. The van der Waals surface area contributed by atoms with Crippen LogP contribution >= 0.6 is 0 Å². The summed E-state index contributed by atoms with van der Waals surface area (Å²) < 4.78 is 39.9. The van der Waals surface area contributed by atoms with E-state index < -0.39 is 40.5 Å². The number of sulfone groups is 1. The Morgan fingerprint density at radius 2 is 1.62 bits per heavy atom. The van der Waals surface area contributed by atoms with Gasteiger partial charge in [0.1, 0.15) is 11.5 Å². The molecule has 0 saturated carbocycles. The van der Waals surface area contributed by atoms with Gasteiger partial charge in [0, 0.05) is 18.7 Å². The first-order valence-electron chi connectivity index (χ1n) is 9.42. The summed E-state index contributed by atoms with van der Waals surface area (Å²) in [5, 5.41) is 5.07. The molecule has 2 aromatic rings. The van der Waals surface area contributed by atoms with Gasteiger partial charge in [-0.2, -0.15) is 0 Å². The van der Waals surface area contributed by atoms with Gasteiger partial charge in [-0.3, -0.25) is 14.4 Å². The first kappa shape index (κ1) is 24.7. The molecular formula is C21H24N2O8S. The van der Waals surface area contributed by atoms with E-state index in [1.165, 1.54) is 45.4 Å². The Balaban J connectivity index is 1.85. The summed E-state index contributed by atoms with van der Waals surface area (Å²) >= 11 is 0. The summed E-state index contributed by atoms with van der Waals surface area (Å²) in [4.78, 5) is 35.0.